The van der Waals surface area contributed by atoms with Gasteiger partial charge in [0.2, 0.25) is 10.0 Å². The highest BCUT2D eigenvalue weighted by atomic mass is 32.2. The normalized spacial score (nSPS) is 16.6. The summed E-state index contributed by atoms with van der Waals surface area (Å²) in [7, 11) is -3.76. The number of benzene rings is 1. The Morgan fingerprint density at radius 3 is 2.68 bits per heavy atom. The number of morpholine rings is 1. The molecular formula is C13H19N3O5S. The molecule has 0 aliphatic carbocycles. The molecule has 0 spiro atoms. The number of rotatable bonds is 6. The van der Waals surface area contributed by atoms with Crippen molar-refractivity contribution >= 4 is 15.7 Å². The second-order valence-corrected chi connectivity index (χ2v) is 6.74. The summed E-state index contributed by atoms with van der Waals surface area (Å²) in [5.41, 5.74) is -0.0533. The van der Waals surface area contributed by atoms with Crippen LogP contribution in [0, 0.1) is 17.0 Å². The van der Waals surface area contributed by atoms with Gasteiger partial charge >= 0.3 is 0 Å². The van der Waals surface area contributed by atoms with Crippen molar-refractivity contribution in [3.63, 3.8) is 0 Å². The molecule has 1 heterocycles. The summed E-state index contributed by atoms with van der Waals surface area (Å²) >= 11 is 0. The first-order valence-corrected chi connectivity index (χ1v) is 8.44. The van der Waals surface area contributed by atoms with Crippen molar-refractivity contribution in [3.05, 3.63) is 33.9 Å². The molecule has 1 saturated heterocycles. The second kappa shape index (κ2) is 7.14. The maximum absolute atomic E-state index is 12.3. The highest BCUT2D eigenvalue weighted by molar-refractivity contribution is 7.89. The zero-order valence-electron chi connectivity index (χ0n) is 12.3. The standard InChI is InChI=1S/C13H19N3O5S/c1-11-12(16(17)18)3-2-4-13(11)22(19,20)14-5-6-15-7-9-21-10-8-15/h2-4,14H,5-10H2,1H3. The van der Waals surface area contributed by atoms with Crippen molar-refractivity contribution in [1.29, 1.82) is 0 Å². The second-order valence-electron chi connectivity index (χ2n) is 5.01. The lowest BCUT2D eigenvalue weighted by molar-refractivity contribution is -0.385. The molecule has 0 bridgehead atoms. The third kappa shape index (κ3) is 4.01. The fraction of sp³-hybridized carbons (Fsp3) is 0.538. The van der Waals surface area contributed by atoms with Gasteiger partial charge in [-0.2, -0.15) is 0 Å². The molecule has 9 heteroatoms. The molecule has 1 aromatic carbocycles. The molecule has 0 unspecified atom stereocenters. The Morgan fingerprint density at radius 1 is 1.36 bits per heavy atom. The van der Waals surface area contributed by atoms with Gasteiger partial charge < -0.3 is 4.74 Å². The molecule has 1 aromatic rings. The van der Waals surface area contributed by atoms with Crippen LogP contribution in [0.1, 0.15) is 5.56 Å². The molecule has 1 aliphatic rings. The number of hydrogen-bond acceptors (Lipinski definition) is 6. The van der Waals surface area contributed by atoms with Gasteiger partial charge in [-0.15, -0.1) is 0 Å². The highest BCUT2D eigenvalue weighted by Crippen LogP contribution is 2.24. The first-order chi connectivity index (χ1) is 10.4. The molecule has 0 amide bonds. The number of nitrogens with zero attached hydrogens (tertiary/aromatic N) is 2. The van der Waals surface area contributed by atoms with Gasteiger partial charge in [-0.25, -0.2) is 13.1 Å². The minimum absolute atomic E-state index is 0.0522. The van der Waals surface area contributed by atoms with Gasteiger partial charge in [-0.1, -0.05) is 6.07 Å². The lowest BCUT2D eigenvalue weighted by Crippen LogP contribution is -2.41. The zero-order chi connectivity index (χ0) is 16.2. The van der Waals surface area contributed by atoms with Gasteiger partial charge in [-0.05, 0) is 13.0 Å². The third-order valence-corrected chi connectivity index (χ3v) is 5.17. The Kier molecular flexibility index (Phi) is 5.46. The van der Waals surface area contributed by atoms with Crippen LogP contribution in [-0.2, 0) is 14.8 Å². The predicted molar refractivity (Wildman–Crippen MR) is 80.3 cm³/mol. The molecule has 0 saturated carbocycles. The molecule has 22 heavy (non-hydrogen) atoms. The summed E-state index contributed by atoms with van der Waals surface area (Å²) in [6.45, 7) is 5.12. The molecule has 1 aliphatic heterocycles. The molecule has 1 fully saturated rings. The van der Waals surface area contributed by atoms with Crippen LogP contribution >= 0.6 is 0 Å². The van der Waals surface area contributed by atoms with Gasteiger partial charge in [0.05, 0.1) is 23.0 Å². The van der Waals surface area contributed by atoms with E-state index in [9.17, 15) is 18.5 Å². The van der Waals surface area contributed by atoms with Crippen molar-refractivity contribution in [2.75, 3.05) is 39.4 Å². The van der Waals surface area contributed by atoms with E-state index in [-0.39, 0.29) is 22.7 Å². The maximum Gasteiger partial charge on any atom is 0.273 e. The largest absolute Gasteiger partial charge is 0.379 e. The van der Waals surface area contributed by atoms with E-state index in [1.54, 1.807) is 0 Å². The summed E-state index contributed by atoms with van der Waals surface area (Å²) < 4.78 is 32.3. The van der Waals surface area contributed by atoms with Crippen molar-refractivity contribution in [2.24, 2.45) is 0 Å². The molecular weight excluding hydrogens is 310 g/mol. The van der Waals surface area contributed by atoms with Crippen LogP contribution in [0.4, 0.5) is 5.69 Å². The number of nitro groups is 1. The van der Waals surface area contributed by atoms with E-state index in [0.717, 1.165) is 13.1 Å². The van der Waals surface area contributed by atoms with Gasteiger partial charge in [0, 0.05) is 37.8 Å². The lowest BCUT2D eigenvalue weighted by Gasteiger charge is -2.26. The van der Waals surface area contributed by atoms with E-state index in [1.165, 1.54) is 25.1 Å². The molecule has 0 atom stereocenters. The Bertz CT molecular complexity index is 641. The van der Waals surface area contributed by atoms with E-state index < -0.39 is 14.9 Å². The first kappa shape index (κ1) is 16.8. The average Bonchev–Trinajstić information content (AvgIpc) is 2.48. The van der Waals surface area contributed by atoms with Crippen LogP contribution in [0.3, 0.4) is 0 Å². The molecule has 0 aromatic heterocycles. The van der Waals surface area contributed by atoms with Crippen LogP contribution in [-0.4, -0.2) is 57.6 Å². The minimum atomic E-state index is -3.76. The van der Waals surface area contributed by atoms with Gasteiger partial charge in [0.1, 0.15) is 0 Å². The van der Waals surface area contributed by atoms with Crippen molar-refractivity contribution in [3.8, 4) is 0 Å². The van der Waals surface area contributed by atoms with E-state index >= 15 is 0 Å². The summed E-state index contributed by atoms with van der Waals surface area (Å²) in [4.78, 5) is 12.4. The molecule has 2 rings (SSSR count). The monoisotopic (exact) mass is 329 g/mol. The first-order valence-electron chi connectivity index (χ1n) is 6.95. The minimum Gasteiger partial charge on any atom is -0.379 e. The fourth-order valence-corrected chi connectivity index (χ4v) is 3.61. The zero-order valence-corrected chi connectivity index (χ0v) is 13.1. The van der Waals surface area contributed by atoms with E-state index in [2.05, 4.69) is 9.62 Å². The Labute approximate surface area is 129 Å². The maximum atomic E-state index is 12.3. The van der Waals surface area contributed by atoms with E-state index in [4.69, 9.17) is 4.74 Å². The Balaban J connectivity index is 2.04. The fourth-order valence-electron chi connectivity index (χ4n) is 2.33. The summed E-state index contributed by atoms with van der Waals surface area (Å²) in [6, 6.07) is 4.04. The molecule has 1 N–H and O–H groups in total. The Morgan fingerprint density at radius 2 is 2.05 bits per heavy atom. The summed E-state index contributed by atoms with van der Waals surface area (Å²) in [6.07, 6.45) is 0. The van der Waals surface area contributed by atoms with Crippen LogP contribution in [0.2, 0.25) is 0 Å². The number of hydrogen-bond donors (Lipinski definition) is 1. The van der Waals surface area contributed by atoms with Gasteiger partial charge in [-0.3, -0.25) is 15.0 Å². The summed E-state index contributed by atoms with van der Waals surface area (Å²) in [5.74, 6) is 0. The van der Waals surface area contributed by atoms with Crippen molar-refractivity contribution in [2.45, 2.75) is 11.8 Å². The van der Waals surface area contributed by atoms with Gasteiger partial charge in [0.25, 0.3) is 5.69 Å². The number of nitro benzene ring substituents is 1. The average molecular weight is 329 g/mol. The topological polar surface area (TPSA) is 102 Å². The van der Waals surface area contributed by atoms with E-state index in [1.807, 2.05) is 0 Å². The molecule has 0 radical (unpaired) electrons. The Hall–Kier alpha value is -1.55. The highest BCUT2D eigenvalue weighted by Gasteiger charge is 2.22. The van der Waals surface area contributed by atoms with Crippen LogP contribution in [0.25, 0.3) is 0 Å². The van der Waals surface area contributed by atoms with Crippen molar-refractivity contribution < 1.29 is 18.1 Å². The SMILES string of the molecule is Cc1c([N+](=O)[O-])cccc1S(=O)(=O)NCCN1CCOCC1. The van der Waals surface area contributed by atoms with Crippen LogP contribution < -0.4 is 4.72 Å². The van der Waals surface area contributed by atoms with Gasteiger partial charge in [0.15, 0.2) is 0 Å². The quantitative estimate of drug-likeness (QED) is 0.603. The predicted octanol–water partition coefficient (Wildman–Crippen LogP) is 0.514. The molecule has 122 valence electrons. The summed E-state index contributed by atoms with van der Waals surface area (Å²) in [5, 5.41) is 10.9. The molecule has 8 nitrogen and oxygen atoms in total. The lowest BCUT2D eigenvalue weighted by atomic mass is 10.2. The third-order valence-electron chi connectivity index (χ3n) is 3.57. The number of sulfonamides is 1. The number of nitrogens with one attached hydrogen (secondary N) is 1. The van der Waals surface area contributed by atoms with Crippen LogP contribution in [0.5, 0.6) is 0 Å². The number of ether oxygens (including phenoxy) is 1. The van der Waals surface area contributed by atoms with Crippen molar-refractivity contribution in [1.82, 2.24) is 9.62 Å². The smallest absolute Gasteiger partial charge is 0.273 e. The van der Waals surface area contributed by atoms with Crippen LogP contribution in [0.15, 0.2) is 23.1 Å². The van der Waals surface area contributed by atoms with E-state index in [0.29, 0.717) is 19.8 Å².